The van der Waals surface area contributed by atoms with E-state index in [-0.39, 0.29) is 0 Å². The molecule has 2 nitrogen and oxygen atoms in total. The molecule has 1 heterocycles. The lowest BCUT2D eigenvalue weighted by Gasteiger charge is -2.08. The van der Waals surface area contributed by atoms with Crippen LogP contribution in [-0.4, -0.2) is 9.97 Å². The van der Waals surface area contributed by atoms with Crippen LogP contribution in [0.2, 0.25) is 5.15 Å². The van der Waals surface area contributed by atoms with Gasteiger partial charge in [-0.05, 0) is 24.5 Å². The molecule has 94 valence electrons. The Balaban J connectivity index is 2.16. The normalized spacial score (nSPS) is 10.6. The topological polar surface area (TPSA) is 25.8 Å². The lowest BCUT2D eigenvalue weighted by molar-refractivity contribution is 0.944. The van der Waals surface area contributed by atoms with Gasteiger partial charge in [0.2, 0.25) is 0 Å². The summed E-state index contributed by atoms with van der Waals surface area (Å²) in [4.78, 5) is 8.35. The molecule has 0 fully saturated rings. The smallest absolute Gasteiger partial charge is 0.136 e. The molecular weight excluding hydrogens is 264 g/mol. The Morgan fingerprint density at radius 3 is 2.72 bits per heavy atom. The van der Waals surface area contributed by atoms with Gasteiger partial charge in [-0.2, -0.15) is 0 Å². The lowest BCUT2D eigenvalue weighted by atomic mass is 10.1. The van der Waals surface area contributed by atoms with Gasteiger partial charge in [-0.3, -0.25) is 0 Å². The highest BCUT2D eigenvalue weighted by Gasteiger charge is 2.09. The second-order valence-electron chi connectivity index (χ2n) is 4.02. The standard InChI is InChI=1S/C14H15ClN2S/c1-3-12-13(15)16-9-17-14(12)18-8-11-7-5-4-6-10(11)2/h4-7,9H,3,8H2,1-2H3. The van der Waals surface area contributed by atoms with E-state index in [2.05, 4.69) is 48.1 Å². The molecule has 0 amide bonds. The maximum Gasteiger partial charge on any atom is 0.136 e. The molecule has 2 aromatic rings. The third-order valence-electron chi connectivity index (χ3n) is 2.83. The molecule has 1 aromatic carbocycles. The minimum absolute atomic E-state index is 0.569. The van der Waals surface area contributed by atoms with Gasteiger partial charge in [0.05, 0.1) is 0 Å². The fraction of sp³-hybridized carbons (Fsp3) is 0.286. The number of thioether (sulfide) groups is 1. The van der Waals surface area contributed by atoms with Crippen molar-refractivity contribution in [1.29, 1.82) is 0 Å². The number of hydrogen-bond acceptors (Lipinski definition) is 3. The molecule has 0 atom stereocenters. The fourth-order valence-corrected chi connectivity index (χ4v) is 3.19. The Bertz CT molecular complexity index is 543. The van der Waals surface area contributed by atoms with Crippen LogP contribution in [0.3, 0.4) is 0 Å². The second-order valence-corrected chi connectivity index (χ2v) is 5.34. The summed E-state index contributed by atoms with van der Waals surface area (Å²) in [6.45, 7) is 4.20. The van der Waals surface area contributed by atoms with E-state index < -0.39 is 0 Å². The Labute approximate surface area is 117 Å². The zero-order valence-electron chi connectivity index (χ0n) is 10.5. The summed E-state index contributed by atoms with van der Waals surface area (Å²) in [6.07, 6.45) is 2.39. The first-order chi connectivity index (χ1) is 8.72. The summed E-state index contributed by atoms with van der Waals surface area (Å²) in [5, 5.41) is 1.56. The highest BCUT2D eigenvalue weighted by atomic mass is 35.5. The number of aromatic nitrogens is 2. The number of hydrogen-bond donors (Lipinski definition) is 0. The van der Waals surface area contributed by atoms with Crippen LogP contribution < -0.4 is 0 Å². The first kappa shape index (κ1) is 13.4. The van der Waals surface area contributed by atoms with Crippen molar-refractivity contribution in [3.05, 3.63) is 52.4 Å². The lowest BCUT2D eigenvalue weighted by Crippen LogP contribution is -1.95. The fourth-order valence-electron chi connectivity index (χ4n) is 1.72. The van der Waals surface area contributed by atoms with E-state index in [1.807, 2.05) is 0 Å². The average Bonchev–Trinajstić information content (AvgIpc) is 2.38. The van der Waals surface area contributed by atoms with Gasteiger partial charge in [-0.15, -0.1) is 11.8 Å². The van der Waals surface area contributed by atoms with E-state index in [1.54, 1.807) is 11.8 Å². The molecule has 4 heteroatoms. The Kier molecular flexibility index (Phi) is 4.61. The van der Waals surface area contributed by atoms with Crippen LogP contribution in [0.25, 0.3) is 0 Å². The van der Waals surface area contributed by atoms with E-state index in [0.717, 1.165) is 22.8 Å². The second kappa shape index (κ2) is 6.21. The zero-order chi connectivity index (χ0) is 13.0. The number of aryl methyl sites for hydroxylation is 1. The highest BCUT2D eigenvalue weighted by Crippen LogP contribution is 2.28. The molecule has 1 aromatic heterocycles. The van der Waals surface area contributed by atoms with Gasteiger partial charge >= 0.3 is 0 Å². The van der Waals surface area contributed by atoms with Gasteiger partial charge in [-0.25, -0.2) is 9.97 Å². The van der Waals surface area contributed by atoms with Crippen LogP contribution >= 0.6 is 23.4 Å². The van der Waals surface area contributed by atoms with Gasteiger partial charge < -0.3 is 0 Å². The first-order valence-corrected chi connectivity index (χ1v) is 7.25. The summed E-state index contributed by atoms with van der Waals surface area (Å²) in [7, 11) is 0. The summed E-state index contributed by atoms with van der Waals surface area (Å²) in [5.74, 6) is 0.910. The molecule has 0 saturated carbocycles. The minimum Gasteiger partial charge on any atom is -0.230 e. The van der Waals surface area contributed by atoms with Crippen molar-refractivity contribution in [2.24, 2.45) is 0 Å². The molecule has 0 aliphatic carbocycles. The Morgan fingerprint density at radius 1 is 1.22 bits per heavy atom. The molecule has 2 rings (SSSR count). The van der Waals surface area contributed by atoms with E-state index in [9.17, 15) is 0 Å². The van der Waals surface area contributed by atoms with Gasteiger partial charge in [0.25, 0.3) is 0 Å². The molecule has 0 unspecified atom stereocenters. The number of rotatable bonds is 4. The Hall–Kier alpha value is -1.06. The largest absolute Gasteiger partial charge is 0.230 e. The van der Waals surface area contributed by atoms with Gasteiger partial charge in [-0.1, -0.05) is 42.8 Å². The summed E-state index contributed by atoms with van der Waals surface area (Å²) in [6, 6.07) is 8.40. The van der Waals surface area contributed by atoms with Crippen molar-refractivity contribution in [1.82, 2.24) is 9.97 Å². The molecule has 0 aliphatic rings. The van der Waals surface area contributed by atoms with Crippen LogP contribution in [-0.2, 0) is 12.2 Å². The van der Waals surface area contributed by atoms with Crippen LogP contribution in [0.5, 0.6) is 0 Å². The van der Waals surface area contributed by atoms with Crippen LogP contribution in [0.15, 0.2) is 35.6 Å². The van der Waals surface area contributed by atoms with E-state index in [1.165, 1.54) is 17.5 Å². The molecule has 0 saturated heterocycles. The van der Waals surface area contributed by atoms with Crippen molar-refractivity contribution in [3.8, 4) is 0 Å². The van der Waals surface area contributed by atoms with Crippen LogP contribution in [0, 0.1) is 6.92 Å². The maximum absolute atomic E-state index is 6.08. The number of nitrogens with zero attached hydrogens (tertiary/aromatic N) is 2. The SMILES string of the molecule is CCc1c(Cl)ncnc1SCc1ccccc1C. The van der Waals surface area contributed by atoms with E-state index in [0.29, 0.717) is 5.15 Å². The third kappa shape index (κ3) is 3.03. The molecule has 0 N–H and O–H groups in total. The van der Waals surface area contributed by atoms with Crippen molar-refractivity contribution in [2.75, 3.05) is 0 Å². The van der Waals surface area contributed by atoms with Crippen molar-refractivity contribution >= 4 is 23.4 Å². The molecular formula is C14H15ClN2S. The number of benzene rings is 1. The summed E-state index contributed by atoms with van der Waals surface area (Å²) >= 11 is 7.80. The first-order valence-electron chi connectivity index (χ1n) is 5.89. The highest BCUT2D eigenvalue weighted by molar-refractivity contribution is 7.98. The Morgan fingerprint density at radius 2 is 2.00 bits per heavy atom. The van der Waals surface area contributed by atoms with E-state index in [4.69, 9.17) is 11.6 Å². The molecule has 0 spiro atoms. The quantitative estimate of drug-likeness (QED) is 0.616. The van der Waals surface area contributed by atoms with E-state index >= 15 is 0 Å². The molecule has 0 aliphatic heterocycles. The van der Waals surface area contributed by atoms with Gasteiger partial charge in [0.15, 0.2) is 0 Å². The van der Waals surface area contributed by atoms with Crippen molar-refractivity contribution in [3.63, 3.8) is 0 Å². The van der Waals surface area contributed by atoms with Gasteiger partial charge in [0, 0.05) is 11.3 Å². The van der Waals surface area contributed by atoms with Crippen molar-refractivity contribution in [2.45, 2.75) is 31.0 Å². The monoisotopic (exact) mass is 278 g/mol. The molecule has 18 heavy (non-hydrogen) atoms. The molecule has 0 radical (unpaired) electrons. The third-order valence-corrected chi connectivity index (χ3v) is 4.24. The summed E-state index contributed by atoms with van der Waals surface area (Å²) < 4.78 is 0. The molecule has 0 bridgehead atoms. The minimum atomic E-state index is 0.569. The van der Waals surface area contributed by atoms with Crippen molar-refractivity contribution < 1.29 is 0 Å². The predicted octanol–water partition coefficient (Wildman–Crippen LogP) is 4.29. The summed E-state index contributed by atoms with van der Waals surface area (Å²) in [5.41, 5.74) is 3.68. The van der Waals surface area contributed by atoms with Crippen LogP contribution in [0.1, 0.15) is 23.6 Å². The average molecular weight is 279 g/mol. The maximum atomic E-state index is 6.08. The zero-order valence-corrected chi connectivity index (χ0v) is 12.1. The van der Waals surface area contributed by atoms with Gasteiger partial charge in [0.1, 0.15) is 16.5 Å². The predicted molar refractivity (Wildman–Crippen MR) is 77.2 cm³/mol. The van der Waals surface area contributed by atoms with Crippen LogP contribution in [0.4, 0.5) is 0 Å². The number of halogens is 1.